The van der Waals surface area contributed by atoms with Crippen LogP contribution in [0.25, 0.3) is 0 Å². The van der Waals surface area contributed by atoms with Crippen molar-refractivity contribution < 1.29 is 40.8 Å². The number of aryl methyl sites for hydroxylation is 4. The first-order valence-corrected chi connectivity index (χ1v) is 10.4. The zero-order valence-electron chi connectivity index (χ0n) is 16.8. The molecule has 0 saturated carbocycles. The van der Waals surface area contributed by atoms with Crippen molar-refractivity contribution >= 4 is 25.3 Å². The van der Waals surface area contributed by atoms with Crippen molar-refractivity contribution in [1.29, 1.82) is 0 Å². The van der Waals surface area contributed by atoms with Gasteiger partial charge in [-0.1, -0.05) is 63.1 Å². The van der Waals surface area contributed by atoms with Crippen LogP contribution in [0.4, 0.5) is 0 Å². The summed E-state index contributed by atoms with van der Waals surface area (Å²) >= 11 is 10.3. The van der Waals surface area contributed by atoms with Crippen LogP contribution in [0, 0.1) is 13.8 Å². The van der Waals surface area contributed by atoms with E-state index in [1.54, 1.807) is 0 Å². The summed E-state index contributed by atoms with van der Waals surface area (Å²) < 4.78 is 0. The Labute approximate surface area is 204 Å². The fourth-order valence-electron chi connectivity index (χ4n) is 3.35. The van der Waals surface area contributed by atoms with Gasteiger partial charge in [0.25, 0.3) is 0 Å². The van der Waals surface area contributed by atoms with Crippen LogP contribution >= 0.6 is 0 Å². The van der Waals surface area contributed by atoms with Crippen molar-refractivity contribution in [3.63, 3.8) is 0 Å². The number of hydrogen-bond acceptors (Lipinski definition) is 2. The molecule has 2 aromatic rings. The third-order valence-corrected chi connectivity index (χ3v) is 5.90. The van der Waals surface area contributed by atoms with Crippen LogP contribution in [0.5, 0.6) is 0 Å². The molecule has 0 unspecified atom stereocenters. The van der Waals surface area contributed by atoms with Gasteiger partial charge in [-0.2, -0.15) is 11.5 Å². The molecule has 0 atom stereocenters. The predicted octanol–water partition coefficient (Wildman–Crippen LogP) is 5.58. The summed E-state index contributed by atoms with van der Waals surface area (Å²) in [4.78, 5) is 0. The number of rotatable bonds is 8. The molecule has 0 aromatic heterocycles. The van der Waals surface area contributed by atoms with E-state index >= 15 is 0 Å². The number of benzene rings is 2. The van der Waals surface area contributed by atoms with E-state index in [0.29, 0.717) is 0 Å². The zero-order chi connectivity index (χ0) is 18.4. The molecule has 0 spiro atoms. The molecule has 4 heteroatoms. The maximum Gasteiger partial charge on any atom is 0.0146 e. The average molecular weight is 743 g/mol. The van der Waals surface area contributed by atoms with E-state index in [9.17, 15) is 0 Å². The minimum absolute atomic E-state index is 0. The van der Waals surface area contributed by atoms with Crippen molar-refractivity contribution in [2.45, 2.75) is 58.8 Å². The second-order valence-electron chi connectivity index (χ2n) is 7.52. The average Bonchev–Trinajstić information content (AvgIpc) is 2.60. The molecule has 2 radical (unpaired) electrons. The Kier molecular flexibility index (Phi) is 13.1. The Balaban J connectivity index is 0.00000338. The Bertz CT molecular complexity index is 652. The maximum atomic E-state index is 5.13. The molecular formula is C23H30Re2S2-2. The van der Waals surface area contributed by atoms with Gasteiger partial charge in [0.05, 0.1) is 0 Å². The molecule has 0 fully saturated rings. The van der Waals surface area contributed by atoms with Crippen molar-refractivity contribution in [1.82, 2.24) is 0 Å². The summed E-state index contributed by atoms with van der Waals surface area (Å²) in [7, 11) is 0. The SMILES string of the molecule is Cc1ccc(C(C)(C)c2ccc(C)c(CCC[S-])c2)cc1CCC[S-].[Re].[Re]. The summed E-state index contributed by atoms with van der Waals surface area (Å²) in [5.41, 5.74) is 8.39. The van der Waals surface area contributed by atoms with Crippen molar-refractivity contribution in [3.05, 3.63) is 69.8 Å². The molecule has 2 rings (SSSR count). The molecule has 27 heavy (non-hydrogen) atoms. The van der Waals surface area contributed by atoms with Gasteiger partial charge < -0.3 is 25.3 Å². The van der Waals surface area contributed by atoms with Crippen LogP contribution < -0.4 is 0 Å². The molecule has 2 aromatic carbocycles. The maximum absolute atomic E-state index is 5.13. The van der Waals surface area contributed by atoms with E-state index in [1.165, 1.54) is 33.4 Å². The first-order chi connectivity index (χ1) is 11.9. The van der Waals surface area contributed by atoms with Crippen molar-refractivity contribution in [3.8, 4) is 0 Å². The van der Waals surface area contributed by atoms with E-state index in [0.717, 1.165) is 37.2 Å². The molecule has 0 heterocycles. The topological polar surface area (TPSA) is 0 Å². The van der Waals surface area contributed by atoms with Gasteiger partial charge in [-0.15, -0.1) is 0 Å². The molecule has 150 valence electrons. The Morgan fingerprint density at radius 1 is 0.704 bits per heavy atom. The monoisotopic (exact) mass is 744 g/mol. The van der Waals surface area contributed by atoms with Gasteiger partial charge in [0.2, 0.25) is 0 Å². The van der Waals surface area contributed by atoms with Gasteiger partial charge in [0.1, 0.15) is 0 Å². The fraction of sp³-hybridized carbons (Fsp3) is 0.478. The van der Waals surface area contributed by atoms with E-state index in [2.05, 4.69) is 64.1 Å². The number of hydrogen-bond donors (Lipinski definition) is 0. The summed E-state index contributed by atoms with van der Waals surface area (Å²) in [6.07, 6.45) is 4.32. The molecule has 0 aliphatic heterocycles. The Morgan fingerprint density at radius 3 is 1.41 bits per heavy atom. The third-order valence-electron chi connectivity index (χ3n) is 5.32. The van der Waals surface area contributed by atoms with E-state index in [1.807, 2.05) is 0 Å². The van der Waals surface area contributed by atoms with Gasteiger partial charge >= 0.3 is 0 Å². The molecule has 0 amide bonds. The van der Waals surface area contributed by atoms with Crippen LogP contribution in [0.2, 0.25) is 0 Å². The standard InChI is InChI=1S/C23H32S2.2Re/c1-17-9-11-21(15-19(17)7-5-13-24)23(3,4)22-12-10-18(2)20(16-22)8-6-14-25;;/h9-12,15-16,24-25H,5-8,13-14H2,1-4H3;;/p-2. The van der Waals surface area contributed by atoms with Gasteiger partial charge in [-0.25, -0.2) is 0 Å². The summed E-state index contributed by atoms with van der Waals surface area (Å²) in [5.74, 6) is 1.66. The molecule has 0 aliphatic carbocycles. The minimum Gasteiger partial charge on any atom is -0.793 e. The van der Waals surface area contributed by atoms with E-state index in [-0.39, 0.29) is 46.3 Å². The van der Waals surface area contributed by atoms with Gasteiger partial charge in [0.15, 0.2) is 0 Å². The molecule has 0 aliphatic rings. The van der Waals surface area contributed by atoms with Crippen LogP contribution in [0.3, 0.4) is 0 Å². The summed E-state index contributed by atoms with van der Waals surface area (Å²) in [6, 6.07) is 13.9. The Morgan fingerprint density at radius 2 is 1.07 bits per heavy atom. The zero-order valence-corrected chi connectivity index (χ0v) is 23.8. The van der Waals surface area contributed by atoms with Crippen LogP contribution in [0.15, 0.2) is 36.4 Å². The second-order valence-corrected chi connectivity index (χ2v) is 8.34. The van der Waals surface area contributed by atoms with Crippen LogP contribution in [-0.2, 0) is 84.4 Å². The van der Waals surface area contributed by atoms with Crippen LogP contribution in [0.1, 0.15) is 60.1 Å². The van der Waals surface area contributed by atoms with Crippen LogP contribution in [-0.4, -0.2) is 11.5 Å². The predicted molar refractivity (Wildman–Crippen MR) is 116 cm³/mol. The quantitative estimate of drug-likeness (QED) is 0.324. The summed E-state index contributed by atoms with van der Waals surface area (Å²) in [6.45, 7) is 9.06. The van der Waals surface area contributed by atoms with Crippen molar-refractivity contribution in [2.24, 2.45) is 0 Å². The summed E-state index contributed by atoms with van der Waals surface area (Å²) in [5, 5.41) is 0. The second kappa shape index (κ2) is 12.9. The molecule has 0 bridgehead atoms. The Hall–Kier alpha value is 0.465. The van der Waals surface area contributed by atoms with Gasteiger partial charge in [-0.05, 0) is 60.1 Å². The van der Waals surface area contributed by atoms with E-state index in [4.69, 9.17) is 25.3 Å². The fourth-order valence-corrected chi connectivity index (χ4v) is 3.64. The third kappa shape index (κ3) is 7.34. The van der Waals surface area contributed by atoms with E-state index < -0.39 is 0 Å². The molecular weight excluding hydrogens is 713 g/mol. The largest absolute Gasteiger partial charge is 0.793 e. The van der Waals surface area contributed by atoms with Gasteiger partial charge in [-0.3, -0.25) is 0 Å². The smallest absolute Gasteiger partial charge is 0.0146 e. The minimum atomic E-state index is -0.00711. The molecule has 0 N–H and O–H groups in total. The van der Waals surface area contributed by atoms with Gasteiger partial charge in [0, 0.05) is 46.3 Å². The van der Waals surface area contributed by atoms with Crippen molar-refractivity contribution in [2.75, 3.05) is 11.5 Å². The first-order valence-electron chi connectivity index (χ1n) is 9.26. The normalized spacial score (nSPS) is 10.9. The molecule has 0 nitrogen and oxygen atoms in total. The first kappa shape index (κ1) is 27.5. The molecule has 0 saturated heterocycles.